The summed E-state index contributed by atoms with van der Waals surface area (Å²) in [6.07, 6.45) is 5.26. The lowest BCUT2D eigenvalue weighted by Gasteiger charge is -2.55. The minimum absolute atomic E-state index is 0.0574. The Kier molecular flexibility index (Phi) is 8.82. The van der Waals surface area contributed by atoms with E-state index in [4.69, 9.17) is 0 Å². The van der Waals surface area contributed by atoms with Crippen LogP contribution < -0.4 is 9.80 Å². The van der Waals surface area contributed by atoms with Gasteiger partial charge in [-0.1, -0.05) is 166 Å². The highest BCUT2D eigenvalue weighted by Gasteiger charge is 2.57. The lowest BCUT2D eigenvalue weighted by Crippen LogP contribution is -2.49. The van der Waals surface area contributed by atoms with Crippen molar-refractivity contribution < 1.29 is 0 Å². The second-order valence-electron chi connectivity index (χ2n) is 19.5. The van der Waals surface area contributed by atoms with Gasteiger partial charge in [0.2, 0.25) is 0 Å². The molecule has 0 heterocycles. The minimum Gasteiger partial charge on any atom is -0.310 e. The third-order valence-electron chi connectivity index (χ3n) is 15.8. The summed E-state index contributed by atoms with van der Waals surface area (Å²) in [5.74, 6) is 2.68. The first-order valence-electron chi connectivity index (χ1n) is 23.9. The Hall–Kier alpha value is -7.16. The van der Waals surface area contributed by atoms with Crippen molar-refractivity contribution in [2.75, 3.05) is 9.80 Å². The number of rotatable bonds is 7. The molecule has 2 nitrogen and oxygen atoms in total. The van der Waals surface area contributed by atoms with Crippen LogP contribution in [-0.2, 0) is 5.41 Å². The molecule has 314 valence electrons. The first-order chi connectivity index (χ1) is 32.1. The van der Waals surface area contributed by atoms with Crippen molar-refractivity contribution in [1.29, 1.82) is 0 Å². The molecule has 10 aromatic rings. The van der Waals surface area contributed by atoms with Gasteiger partial charge in [0.1, 0.15) is 0 Å². The van der Waals surface area contributed by atoms with E-state index >= 15 is 0 Å². The van der Waals surface area contributed by atoms with Crippen LogP contribution in [0.5, 0.6) is 0 Å². The summed E-state index contributed by atoms with van der Waals surface area (Å²) >= 11 is 0. The number of nitrogens with zero attached hydrogens (tertiary/aromatic N) is 2. The maximum Gasteiger partial charge on any atom is 0.0540 e. The number of hydrogen-bond donors (Lipinski definition) is 0. The van der Waals surface area contributed by atoms with E-state index in [1.54, 1.807) is 11.1 Å². The van der Waals surface area contributed by atoms with E-state index < -0.39 is 0 Å². The molecule has 5 unspecified atom stereocenters. The molecular weight excluding hydrogens is 785 g/mol. The van der Waals surface area contributed by atoms with E-state index in [2.05, 4.69) is 230 Å². The largest absolute Gasteiger partial charge is 0.310 e. The number of para-hydroxylation sites is 2. The van der Waals surface area contributed by atoms with Gasteiger partial charge in [0.25, 0.3) is 0 Å². The molecule has 0 N–H and O–H groups in total. The Morgan fingerprint density at radius 3 is 1.68 bits per heavy atom. The molecule has 0 aliphatic heterocycles. The predicted molar refractivity (Wildman–Crippen MR) is 275 cm³/mol. The average Bonchev–Trinajstić information content (AvgIpc) is 3.66. The third kappa shape index (κ3) is 5.79. The van der Waals surface area contributed by atoms with Crippen molar-refractivity contribution in [3.63, 3.8) is 0 Å². The molecule has 1 spiro atoms. The van der Waals surface area contributed by atoms with Crippen molar-refractivity contribution in [1.82, 2.24) is 0 Å². The van der Waals surface area contributed by atoms with Gasteiger partial charge in [0.15, 0.2) is 0 Å². The summed E-state index contributed by atoms with van der Waals surface area (Å²) in [5, 5.41) is 7.64. The third-order valence-corrected chi connectivity index (χ3v) is 15.8. The van der Waals surface area contributed by atoms with Crippen LogP contribution in [-0.4, -0.2) is 0 Å². The van der Waals surface area contributed by atoms with Gasteiger partial charge in [0.05, 0.1) is 17.1 Å². The van der Waals surface area contributed by atoms with Gasteiger partial charge in [-0.3, -0.25) is 0 Å². The summed E-state index contributed by atoms with van der Waals surface area (Å²) in [6.45, 7) is 5.11. The Morgan fingerprint density at radius 1 is 0.415 bits per heavy atom. The van der Waals surface area contributed by atoms with E-state index in [1.807, 2.05) is 0 Å². The first-order valence-corrected chi connectivity index (χ1v) is 23.9. The van der Waals surface area contributed by atoms with Crippen molar-refractivity contribution in [3.05, 3.63) is 217 Å². The highest BCUT2D eigenvalue weighted by atomic mass is 15.2. The van der Waals surface area contributed by atoms with Crippen LogP contribution >= 0.6 is 0 Å². The van der Waals surface area contributed by atoms with Crippen molar-refractivity contribution in [2.24, 2.45) is 23.7 Å². The van der Waals surface area contributed by atoms with E-state index in [0.29, 0.717) is 11.8 Å². The fourth-order valence-electron chi connectivity index (χ4n) is 13.5. The molecule has 65 heavy (non-hydrogen) atoms. The zero-order valence-electron chi connectivity index (χ0n) is 37.2. The second kappa shape index (κ2) is 15.0. The molecule has 2 saturated carbocycles. The van der Waals surface area contributed by atoms with Gasteiger partial charge < -0.3 is 9.80 Å². The highest BCUT2D eigenvalue weighted by molar-refractivity contribution is 6.28. The van der Waals surface area contributed by atoms with Crippen LogP contribution in [0.25, 0.3) is 54.6 Å². The fraction of sp³-hybridized carbons (Fsp3) is 0.175. The Balaban J connectivity index is 1.05. The molecule has 0 radical (unpaired) electrons. The van der Waals surface area contributed by atoms with Crippen LogP contribution in [0.4, 0.5) is 34.1 Å². The summed E-state index contributed by atoms with van der Waals surface area (Å²) in [5.41, 5.74) is 15.5. The van der Waals surface area contributed by atoms with Gasteiger partial charge in [-0.05, 0) is 159 Å². The van der Waals surface area contributed by atoms with Crippen LogP contribution in [0.1, 0.15) is 50.7 Å². The number of anilines is 6. The predicted octanol–water partition coefficient (Wildman–Crippen LogP) is 17.5. The molecule has 13 rings (SSSR count). The van der Waals surface area contributed by atoms with Crippen LogP contribution in [0.3, 0.4) is 0 Å². The molecule has 0 aromatic heterocycles. The number of fused-ring (bicyclic) bond motifs is 8. The molecule has 0 amide bonds. The topological polar surface area (TPSA) is 6.48 Å². The molecule has 2 bridgehead atoms. The maximum absolute atomic E-state index is 2.63. The molecule has 0 saturated heterocycles. The second-order valence-corrected chi connectivity index (χ2v) is 19.5. The molecular formula is C63H52N2. The van der Waals surface area contributed by atoms with E-state index in [0.717, 1.165) is 23.2 Å². The highest BCUT2D eigenvalue weighted by Crippen LogP contribution is 2.67. The summed E-state index contributed by atoms with van der Waals surface area (Å²) in [7, 11) is 0. The fourth-order valence-corrected chi connectivity index (χ4v) is 13.5. The summed E-state index contributed by atoms with van der Waals surface area (Å²) in [6, 6.07) is 77.4. The van der Waals surface area contributed by atoms with E-state index in [1.165, 1.54) is 103 Å². The molecule has 3 aliphatic carbocycles. The van der Waals surface area contributed by atoms with Crippen molar-refractivity contribution in [2.45, 2.75) is 44.9 Å². The molecule has 10 aromatic carbocycles. The number of benzene rings is 10. The lowest BCUT2D eigenvalue weighted by atomic mass is 9.49. The first kappa shape index (κ1) is 38.3. The Labute approximate surface area is 382 Å². The van der Waals surface area contributed by atoms with Crippen LogP contribution in [0.15, 0.2) is 206 Å². The minimum atomic E-state index is -0.0574. The zero-order chi connectivity index (χ0) is 43.2. The molecule has 2 fully saturated rings. The Bertz CT molecular complexity index is 3390. The zero-order valence-corrected chi connectivity index (χ0v) is 37.2. The summed E-state index contributed by atoms with van der Waals surface area (Å²) in [4.78, 5) is 5.08. The van der Waals surface area contributed by atoms with Crippen LogP contribution in [0, 0.1) is 23.7 Å². The normalized spacial score (nSPS) is 20.9. The quantitative estimate of drug-likeness (QED) is 0.148. The molecule has 5 atom stereocenters. The Morgan fingerprint density at radius 2 is 0.969 bits per heavy atom. The SMILES string of the molecule is CC1CC2CC(C)C3(c4ccccc4-c4cccc(N(c5ccccc5)c5ccc6ccc7c(N(c8ccccc8)c8cccc(-c9ccccc9)c8)ccc8ccc5c6c87)c43)C(C1)C2. The molecule has 3 aliphatic rings. The van der Waals surface area contributed by atoms with Crippen molar-refractivity contribution >= 4 is 66.4 Å². The van der Waals surface area contributed by atoms with E-state index in [-0.39, 0.29) is 5.41 Å². The summed E-state index contributed by atoms with van der Waals surface area (Å²) < 4.78 is 0. The van der Waals surface area contributed by atoms with Gasteiger partial charge in [-0.25, -0.2) is 0 Å². The van der Waals surface area contributed by atoms with Crippen LogP contribution in [0.2, 0.25) is 0 Å². The smallest absolute Gasteiger partial charge is 0.0540 e. The maximum atomic E-state index is 2.63. The van der Waals surface area contributed by atoms with Gasteiger partial charge in [-0.2, -0.15) is 0 Å². The standard InChI is InChI=1S/C63H52N2/c1-41-36-43-38-42(2)63(48(37-41)39-43)56-26-13-12-24-52(56)53-25-15-27-59(62(53)63)65(50-21-10-5-11-22-50)58-35-31-46-28-32-54-57(34-30-45-29-33-55(58)61(46)60(45)54)64(49-19-8-4-9-20-49)51-23-14-18-47(40-51)44-16-6-3-7-17-44/h3-35,40-43,48H,36-39H2,1-2H3. The molecule has 2 heteroatoms. The lowest BCUT2D eigenvalue weighted by molar-refractivity contribution is 0.0429. The average molecular weight is 837 g/mol. The van der Waals surface area contributed by atoms with E-state index in [9.17, 15) is 0 Å². The van der Waals surface area contributed by atoms with Crippen molar-refractivity contribution in [3.8, 4) is 22.3 Å². The van der Waals surface area contributed by atoms with Gasteiger partial charge in [-0.15, -0.1) is 0 Å². The monoisotopic (exact) mass is 836 g/mol. The van der Waals surface area contributed by atoms with Gasteiger partial charge in [0, 0.05) is 33.2 Å². The number of hydrogen-bond acceptors (Lipinski definition) is 2. The van der Waals surface area contributed by atoms with Gasteiger partial charge >= 0.3 is 0 Å².